The number of aromatic nitrogens is 4. The first-order chi connectivity index (χ1) is 15.8. The van der Waals surface area contributed by atoms with Gasteiger partial charge in [-0.2, -0.15) is 9.97 Å². The Morgan fingerprint density at radius 1 is 0.970 bits per heavy atom. The maximum atomic E-state index is 14.2. The van der Waals surface area contributed by atoms with Gasteiger partial charge in [-0.3, -0.25) is 0 Å². The van der Waals surface area contributed by atoms with E-state index in [9.17, 15) is 12.8 Å². The van der Waals surface area contributed by atoms with E-state index in [0.29, 0.717) is 35.9 Å². The molecule has 0 saturated heterocycles. The lowest BCUT2D eigenvalue weighted by molar-refractivity contribution is 0.154. The molecule has 11 heteroatoms. The van der Waals surface area contributed by atoms with E-state index in [1.165, 1.54) is 12.1 Å². The van der Waals surface area contributed by atoms with Crippen LogP contribution in [0.4, 0.5) is 4.39 Å². The molecular formula is C22H21FN4O5S. The van der Waals surface area contributed by atoms with Gasteiger partial charge in [-0.05, 0) is 48.9 Å². The van der Waals surface area contributed by atoms with Crippen LogP contribution in [0.15, 0.2) is 56.4 Å². The SMILES string of the molecule is CCc1nc(-c2ccc(O[C@H](CC)c3nc(-c4ccc(S(C)(=O)=O)c(F)c4)no3)cc2)no1. The van der Waals surface area contributed by atoms with E-state index in [1.807, 2.05) is 26.0 Å². The van der Waals surface area contributed by atoms with Crippen molar-refractivity contribution in [1.29, 1.82) is 0 Å². The van der Waals surface area contributed by atoms with Gasteiger partial charge < -0.3 is 13.8 Å². The summed E-state index contributed by atoms with van der Waals surface area (Å²) in [5.41, 5.74) is 1.08. The Bertz CT molecular complexity index is 1370. The van der Waals surface area contributed by atoms with Crippen molar-refractivity contribution >= 4 is 9.84 Å². The minimum Gasteiger partial charge on any atom is -0.481 e. The van der Waals surface area contributed by atoms with Crippen molar-refractivity contribution in [3.05, 3.63) is 60.1 Å². The smallest absolute Gasteiger partial charge is 0.268 e. The molecule has 0 saturated carbocycles. The summed E-state index contributed by atoms with van der Waals surface area (Å²) >= 11 is 0. The van der Waals surface area contributed by atoms with Crippen molar-refractivity contribution in [3.63, 3.8) is 0 Å². The van der Waals surface area contributed by atoms with Crippen LogP contribution in [0.25, 0.3) is 22.8 Å². The van der Waals surface area contributed by atoms with E-state index in [4.69, 9.17) is 13.8 Å². The number of benzene rings is 2. The fourth-order valence-electron chi connectivity index (χ4n) is 3.09. The number of nitrogens with zero attached hydrogens (tertiary/aromatic N) is 4. The van der Waals surface area contributed by atoms with Crippen LogP contribution < -0.4 is 4.74 Å². The molecule has 0 unspecified atom stereocenters. The zero-order valence-corrected chi connectivity index (χ0v) is 19.0. The van der Waals surface area contributed by atoms with Crippen LogP contribution >= 0.6 is 0 Å². The fourth-order valence-corrected chi connectivity index (χ4v) is 3.82. The van der Waals surface area contributed by atoms with Gasteiger partial charge in [0.1, 0.15) is 16.5 Å². The average molecular weight is 472 g/mol. The second-order valence-electron chi connectivity index (χ2n) is 7.28. The fraction of sp³-hybridized carbons (Fsp3) is 0.273. The van der Waals surface area contributed by atoms with E-state index < -0.39 is 21.8 Å². The standard InChI is InChI=1S/C22H21FN4O5S/c1-4-17(30-15-9-6-13(7-10-15)20-24-19(5-2)31-26-20)22-25-21(27-32-22)14-8-11-18(16(23)12-14)33(3,28)29/h6-12,17H,4-5H2,1-3H3/t17-/m1/s1. The lowest BCUT2D eigenvalue weighted by atomic mass is 10.2. The molecule has 0 bridgehead atoms. The number of aryl methyl sites for hydroxylation is 1. The molecule has 2 aromatic carbocycles. The van der Waals surface area contributed by atoms with Crippen molar-refractivity contribution in [2.24, 2.45) is 0 Å². The summed E-state index contributed by atoms with van der Waals surface area (Å²) in [4.78, 5) is 8.22. The molecule has 0 aliphatic heterocycles. The Labute approximate surface area is 189 Å². The Morgan fingerprint density at radius 3 is 2.24 bits per heavy atom. The molecule has 0 aliphatic carbocycles. The summed E-state index contributed by atoms with van der Waals surface area (Å²) in [6.45, 7) is 3.83. The lowest BCUT2D eigenvalue weighted by Gasteiger charge is -2.13. The molecule has 172 valence electrons. The van der Waals surface area contributed by atoms with Gasteiger partial charge in [0.2, 0.25) is 17.5 Å². The summed E-state index contributed by atoms with van der Waals surface area (Å²) in [6, 6.07) is 10.9. The molecule has 33 heavy (non-hydrogen) atoms. The highest BCUT2D eigenvalue weighted by molar-refractivity contribution is 7.90. The molecule has 0 fully saturated rings. The zero-order chi connectivity index (χ0) is 23.6. The molecule has 0 aliphatic rings. The summed E-state index contributed by atoms with van der Waals surface area (Å²) in [5, 5.41) is 7.83. The summed E-state index contributed by atoms with van der Waals surface area (Å²) in [7, 11) is -3.67. The van der Waals surface area contributed by atoms with Gasteiger partial charge in [0.05, 0.1) is 0 Å². The predicted molar refractivity (Wildman–Crippen MR) is 116 cm³/mol. The first-order valence-corrected chi connectivity index (χ1v) is 12.1. The second-order valence-corrected chi connectivity index (χ2v) is 9.26. The van der Waals surface area contributed by atoms with E-state index in [1.54, 1.807) is 12.1 Å². The van der Waals surface area contributed by atoms with E-state index in [2.05, 4.69) is 20.3 Å². The monoisotopic (exact) mass is 472 g/mol. The van der Waals surface area contributed by atoms with Crippen molar-refractivity contribution in [1.82, 2.24) is 20.3 Å². The zero-order valence-electron chi connectivity index (χ0n) is 18.1. The third-order valence-electron chi connectivity index (χ3n) is 4.84. The third-order valence-corrected chi connectivity index (χ3v) is 5.97. The van der Waals surface area contributed by atoms with E-state index >= 15 is 0 Å². The minimum absolute atomic E-state index is 0.130. The number of hydrogen-bond donors (Lipinski definition) is 0. The Hall–Kier alpha value is -3.60. The summed E-state index contributed by atoms with van der Waals surface area (Å²) in [6.07, 6.45) is 1.61. The van der Waals surface area contributed by atoms with Gasteiger partial charge in [-0.25, -0.2) is 12.8 Å². The predicted octanol–water partition coefficient (Wildman–Crippen LogP) is 4.42. The van der Waals surface area contributed by atoms with Crippen LogP contribution in [0.5, 0.6) is 5.75 Å². The van der Waals surface area contributed by atoms with Crippen LogP contribution in [-0.2, 0) is 16.3 Å². The molecule has 4 aromatic rings. The van der Waals surface area contributed by atoms with E-state index in [0.717, 1.165) is 17.9 Å². The summed E-state index contributed by atoms with van der Waals surface area (Å²) < 4.78 is 53.9. The first kappa shape index (κ1) is 22.6. The lowest BCUT2D eigenvalue weighted by Crippen LogP contribution is -2.07. The van der Waals surface area contributed by atoms with Gasteiger partial charge in [0.25, 0.3) is 5.89 Å². The molecule has 0 amide bonds. The van der Waals surface area contributed by atoms with Crippen LogP contribution in [0.3, 0.4) is 0 Å². The van der Waals surface area contributed by atoms with Gasteiger partial charge in [0, 0.05) is 23.8 Å². The molecular weight excluding hydrogens is 451 g/mol. The molecule has 4 rings (SSSR count). The van der Waals surface area contributed by atoms with Crippen LogP contribution in [0.2, 0.25) is 0 Å². The molecule has 0 N–H and O–H groups in total. The van der Waals surface area contributed by atoms with Gasteiger partial charge in [0.15, 0.2) is 15.9 Å². The van der Waals surface area contributed by atoms with Crippen LogP contribution in [-0.4, -0.2) is 35.0 Å². The molecule has 9 nitrogen and oxygen atoms in total. The second kappa shape index (κ2) is 9.10. The molecule has 2 heterocycles. The Kier molecular flexibility index (Phi) is 6.23. The first-order valence-electron chi connectivity index (χ1n) is 10.2. The minimum atomic E-state index is -3.67. The van der Waals surface area contributed by atoms with Crippen LogP contribution in [0, 0.1) is 5.82 Å². The number of rotatable bonds is 8. The quantitative estimate of drug-likeness (QED) is 0.367. The van der Waals surface area contributed by atoms with Crippen molar-refractivity contribution in [2.75, 3.05) is 6.26 Å². The maximum absolute atomic E-state index is 14.2. The topological polar surface area (TPSA) is 121 Å². The highest BCUT2D eigenvalue weighted by Crippen LogP contribution is 2.28. The van der Waals surface area contributed by atoms with E-state index in [-0.39, 0.29) is 16.6 Å². The molecule has 0 radical (unpaired) electrons. The maximum Gasteiger partial charge on any atom is 0.268 e. The number of hydrogen-bond acceptors (Lipinski definition) is 9. The van der Waals surface area contributed by atoms with Crippen molar-refractivity contribution in [3.8, 4) is 28.5 Å². The Balaban J connectivity index is 1.50. The van der Waals surface area contributed by atoms with Gasteiger partial charge >= 0.3 is 0 Å². The molecule has 2 aromatic heterocycles. The number of halogens is 1. The Morgan fingerprint density at radius 2 is 1.64 bits per heavy atom. The molecule has 1 atom stereocenters. The largest absolute Gasteiger partial charge is 0.481 e. The normalized spacial score (nSPS) is 12.6. The average Bonchev–Trinajstić information content (AvgIpc) is 3.47. The highest BCUT2D eigenvalue weighted by atomic mass is 32.2. The third kappa shape index (κ3) is 4.92. The number of sulfone groups is 1. The summed E-state index contributed by atoms with van der Waals surface area (Å²) in [5.74, 6) is 1.11. The highest BCUT2D eigenvalue weighted by Gasteiger charge is 2.22. The molecule has 0 spiro atoms. The van der Waals surface area contributed by atoms with Crippen molar-refractivity contribution in [2.45, 2.75) is 37.7 Å². The van der Waals surface area contributed by atoms with Gasteiger partial charge in [-0.1, -0.05) is 24.2 Å². The van der Waals surface area contributed by atoms with Gasteiger partial charge in [-0.15, -0.1) is 0 Å². The number of ether oxygens (including phenoxy) is 1. The van der Waals surface area contributed by atoms with Crippen LogP contribution in [0.1, 0.15) is 38.2 Å². The van der Waals surface area contributed by atoms with Crippen molar-refractivity contribution < 1.29 is 26.6 Å².